The number of benzene rings is 1. The second kappa shape index (κ2) is 6.96. The van der Waals surface area contributed by atoms with Crippen LogP contribution in [0.25, 0.3) is 0 Å². The Bertz CT molecular complexity index is 770. The number of nitrogens with zero attached hydrogens (tertiary/aromatic N) is 2. The molecule has 1 heterocycles. The van der Waals surface area contributed by atoms with E-state index in [0.29, 0.717) is 13.0 Å². The molecule has 138 valence electrons. The number of nitro benzene ring substituents is 1. The summed E-state index contributed by atoms with van der Waals surface area (Å²) in [6, 6.07) is 4.63. The van der Waals surface area contributed by atoms with Crippen molar-refractivity contribution in [3.8, 4) is 0 Å². The number of non-ortho nitro benzene ring substituents is 1. The molecule has 0 aromatic heterocycles. The Kier molecular flexibility index (Phi) is 5.33. The first kappa shape index (κ1) is 19.1. The quantitative estimate of drug-likeness (QED) is 0.452. The molecule has 0 saturated carbocycles. The molecule has 0 bridgehead atoms. The molecule has 0 unspecified atom stereocenters. The zero-order valence-corrected chi connectivity index (χ0v) is 15.0. The Morgan fingerprint density at radius 3 is 2.64 bits per heavy atom. The lowest BCUT2D eigenvalue weighted by Crippen LogP contribution is -2.36. The Balaban J connectivity index is 2.04. The van der Waals surface area contributed by atoms with E-state index in [0.717, 1.165) is 6.07 Å². The first-order chi connectivity index (χ1) is 11.5. The predicted octanol–water partition coefficient (Wildman–Crippen LogP) is 2.31. The van der Waals surface area contributed by atoms with Crippen molar-refractivity contribution in [1.82, 2.24) is 4.90 Å². The zero-order valence-electron chi connectivity index (χ0n) is 14.2. The van der Waals surface area contributed by atoms with Gasteiger partial charge in [-0.3, -0.25) is 14.3 Å². The third-order valence-corrected chi connectivity index (χ3v) is 4.73. The predicted molar refractivity (Wildman–Crippen MR) is 87.6 cm³/mol. The van der Waals surface area contributed by atoms with E-state index >= 15 is 0 Å². The van der Waals surface area contributed by atoms with Crippen molar-refractivity contribution >= 4 is 21.9 Å². The fourth-order valence-electron chi connectivity index (χ4n) is 2.29. The van der Waals surface area contributed by atoms with E-state index < -0.39 is 32.8 Å². The van der Waals surface area contributed by atoms with Crippen molar-refractivity contribution in [2.24, 2.45) is 0 Å². The lowest BCUT2D eigenvalue weighted by molar-refractivity contribution is -0.385. The van der Waals surface area contributed by atoms with Gasteiger partial charge in [-0.05, 0) is 33.3 Å². The summed E-state index contributed by atoms with van der Waals surface area (Å²) in [4.78, 5) is 23.2. The Morgan fingerprint density at radius 1 is 1.36 bits per heavy atom. The highest BCUT2D eigenvalue weighted by atomic mass is 32.2. The first-order valence-corrected chi connectivity index (χ1v) is 9.04. The summed E-state index contributed by atoms with van der Waals surface area (Å²) in [5.74, 6) is 0. The van der Waals surface area contributed by atoms with Crippen molar-refractivity contribution in [3.63, 3.8) is 0 Å². The van der Waals surface area contributed by atoms with Crippen molar-refractivity contribution in [3.05, 3.63) is 34.4 Å². The van der Waals surface area contributed by atoms with E-state index in [1.54, 1.807) is 20.8 Å². The molecule has 0 radical (unpaired) electrons. The summed E-state index contributed by atoms with van der Waals surface area (Å²) in [7, 11) is -4.17. The number of amides is 1. The summed E-state index contributed by atoms with van der Waals surface area (Å²) in [5.41, 5.74) is -0.989. The fraction of sp³-hybridized carbons (Fsp3) is 0.533. The highest BCUT2D eigenvalue weighted by molar-refractivity contribution is 7.86. The van der Waals surface area contributed by atoms with Gasteiger partial charge in [0.1, 0.15) is 10.5 Å². The third kappa shape index (κ3) is 5.13. The summed E-state index contributed by atoms with van der Waals surface area (Å²) in [6.07, 6.45) is -0.934. The van der Waals surface area contributed by atoms with Crippen LogP contribution in [0.2, 0.25) is 0 Å². The van der Waals surface area contributed by atoms with Gasteiger partial charge in [-0.1, -0.05) is 6.07 Å². The maximum Gasteiger partial charge on any atom is 0.410 e. The summed E-state index contributed by atoms with van der Waals surface area (Å²) >= 11 is 0. The molecule has 1 aliphatic rings. The van der Waals surface area contributed by atoms with Crippen LogP contribution in [0.5, 0.6) is 0 Å². The summed E-state index contributed by atoms with van der Waals surface area (Å²) in [5, 5.41) is 10.8. The molecule has 25 heavy (non-hydrogen) atoms. The minimum Gasteiger partial charge on any atom is -0.444 e. The standard InChI is InChI=1S/C15H20N2O7S/c1-15(2,3)23-14(18)16-8-7-12(10-16)24-25(21,22)13-6-4-5-11(9-13)17(19)20/h4-6,9,12H,7-8,10H2,1-3H3/t12-/m1/s1. The van der Waals surface area contributed by atoms with E-state index in [1.165, 1.54) is 23.1 Å². The molecule has 0 N–H and O–H groups in total. The molecule has 1 fully saturated rings. The van der Waals surface area contributed by atoms with Gasteiger partial charge < -0.3 is 9.64 Å². The first-order valence-electron chi connectivity index (χ1n) is 7.63. The molecule has 1 atom stereocenters. The van der Waals surface area contributed by atoms with Crippen molar-refractivity contribution < 1.29 is 27.1 Å². The number of nitro groups is 1. The SMILES string of the molecule is CC(C)(C)OC(=O)N1CC[C@@H](OS(=O)(=O)c2cccc([N+](=O)[O-])c2)C1. The molecule has 1 amide bonds. The molecule has 1 aliphatic heterocycles. The van der Waals surface area contributed by atoms with Gasteiger partial charge in [0.25, 0.3) is 15.8 Å². The molecule has 0 spiro atoms. The number of rotatable bonds is 4. The second-order valence-corrected chi connectivity index (χ2v) is 8.21. The van der Waals surface area contributed by atoms with Gasteiger partial charge in [-0.2, -0.15) is 8.42 Å². The average molecular weight is 372 g/mol. The van der Waals surface area contributed by atoms with Gasteiger partial charge in [-0.15, -0.1) is 0 Å². The number of likely N-dealkylation sites (tertiary alicyclic amines) is 1. The van der Waals surface area contributed by atoms with Gasteiger partial charge >= 0.3 is 6.09 Å². The molecule has 10 heteroatoms. The molecular weight excluding hydrogens is 352 g/mol. The van der Waals surface area contributed by atoms with Crippen LogP contribution in [0.3, 0.4) is 0 Å². The molecule has 1 saturated heterocycles. The van der Waals surface area contributed by atoms with Crippen molar-refractivity contribution in [2.75, 3.05) is 13.1 Å². The normalized spacial score (nSPS) is 18.2. The van der Waals surface area contributed by atoms with E-state index in [-0.39, 0.29) is 17.1 Å². The van der Waals surface area contributed by atoms with Gasteiger partial charge in [-0.25, -0.2) is 4.79 Å². The van der Waals surface area contributed by atoms with E-state index in [2.05, 4.69) is 0 Å². The van der Waals surface area contributed by atoms with Gasteiger partial charge in [0, 0.05) is 18.7 Å². The minimum absolute atomic E-state index is 0.0725. The Labute approximate surface area is 145 Å². The highest BCUT2D eigenvalue weighted by Gasteiger charge is 2.33. The third-order valence-electron chi connectivity index (χ3n) is 3.38. The second-order valence-electron chi connectivity index (χ2n) is 6.64. The van der Waals surface area contributed by atoms with Crippen molar-refractivity contribution in [2.45, 2.75) is 43.8 Å². The highest BCUT2D eigenvalue weighted by Crippen LogP contribution is 2.24. The number of hydrogen-bond donors (Lipinski definition) is 0. The van der Waals surface area contributed by atoms with Crippen LogP contribution in [0.1, 0.15) is 27.2 Å². The fourth-order valence-corrected chi connectivity index (χ4v) is 3.42. The molecule has 0 aliphatic carbocycles. The van der Waals surface area contributed by atoms with E-state index in [9.17, 15) is 23.3 Å². The zero-order chi connectivity index (χ0) is 18.8. The van der Waals surface area contributed by atoms with Crippen LogP contribution in [0.4, 0.5) is 10.5 Å². The van der Waals surface area contributed by atoms with E-state index in [1.807, 2.05) is 0 Å². The minimum atomic E-state index is -4.17. The number of carbonyl (C=O) groups is 1. The van der Waals surface area contributed by atoms with Crippen LogP contribution in [0, 0.1) is 10.1 Å². The maximum absolute atomic E-state index is 12.3. The van der Waals surface area contributed by atoms with Crippen molar-refractivity contribution in [1.29, 1.82) is 0 Å². The molecule has 2 rings (SSSR count). The monoisotopic (exact) mass is 372 g/mol. The smallest absolute Gasteiger partial charge is 0.410 e. The largest absolute Gasteiger partial charge is 0.444 e. The number of carbonyl (C=O) groups excluding carboxylic acids is 1. The molecule has 9 nitrogen and oxygen atoms in total. The van der Waals surface area contributed by atoms with Crippen LogP contribution < -0.4 is 0 Å². The number of ether oxygens (including phenoxy) is 1. The van der Waals surface area contributed by atoms with E-state index in [4.69, 9.17) is 8.92 Å². The molecule has 1 aromatic carbocycles. The van der Waals surface area contributed by atoms with Gasteiger partial charge in [0.15, 0.2) is 0 Å². The molecule has 1 aromatic rings. The summed E-state index contributed by atoms with van der Waals surface area (Å²) < 4.78 is 34.9. The van der Waals surface area contributed by atoms with Crippen LogP contribution in [0.15, 0.2) is 29.2 Å². The van der Waals surface area contributed by atoms with Gasteiger partial charge in [0.2, 0.25) is 0 Å². The van der Waals surface area contributed by atoms with Crippen LogP contribution in [-0.2, 0) is 19.0 Å². The topological polar surface area (TPSA) is 116 Å². The average Bonchev–Trinajstić information content (AvgIpc) is 2.93. The lowest BCUT2D eigenvalue weighted by Gasteiger charge is -2.24. The lowest BCUT2D eigenvalue weighted by atomic mass is 10.2. The van der Waals surface area contributed by atoms with Crippen LogP contribution >= 0.6 is 0 Å². The maximum atomic E-state index is 12.3. The summed E-state index contributed by atoms with van der Waals surface area (Å²) in [6.45, 7) is 5.60. The Morgan fingerprint density at radius 2 is 2.04 bits per heavy atom. The molecular formula is C15H20N2O7S. The number of hydrogen-bond acceptors (Lipinski definition) is 7. The van der Waals surface area contributed by atoms with Gasteiger partial charge in [0.05, 0.1) is 17.6 Å². The Hall–Kier alpha value is -2.20. The van der Waals surface area contributed by atoms with Crippen LogP contribution in [-0.4, -0.2) is 49.1 Å².